The molecule has 8 nitrogen and oxygen atoms in total. The van der Waals surface area contributed by atoms with Gasteiger partial charge in [0.05, 0.1) is 12.1 Å². The van der Waals surface area contributed by atoms with Crippen molar-refractivity contribution in [2.45, 2.75) is 83.7 Å². The molecule has 3 saturated carbocycles. The first-order valence-electron chi connectivity index (χ1n) is 14.7. The Balaban J connectivity index is 1.54. The van der Waals surface area contributed by atoms with Gasteiger partial charge >= 0.3 is 12.1 Å². The predicted molar refractivity (Wildman–Crippen MR) is 152 cm³/mol. The fraction of sp³-hybridized carbons (Fsp3) is 0.576. The maximum Gasteiger partial charge on any atom is 0.408 e. The number of fused-ring (bicyclic) bond motifs is 5. The summed E-state index contributed by atoms with van der Waals surface area (Å²) in [4.78, 5) is 51.4. The number of allylic oxidation sites excluding steroid dienone is 4. The lowest BCUT2D eigenvalue weighted by molar-refractivity contribution is -0.219. The second-order valence-corrected chi connectivity index (χ2v) is 13.0. The average molecular weight is 582 g/mol. The van der Waals surface area contributed by atoms with Crippen LogP contribution in [0, 0.1) is 28.6 Å². The topological polar surface area (TPSA) is 119 Å². The normalized spacial score (nSPS) is 39.2. The number of alkyl carbamates (subject to hydrolysis) is 1. The molecule has 0 aromatic heterocycles. The highest BCUT2D eigenvalue weighted by molar-refractivity contribution is 6.01. The van der Waals surface area contributed by atoms with E-state index in [1.807, 2.05) is 30.3 Å². The molecule has 1 aromatic carbocycles. The number of aliphatic hydroxyl groups is 1. The second kappa shape index (κ2) is 10.4. The largest absolute Gasteiger partial charge is 0.458 e. The molecular formula is C33H40FNO7. The first kappa shape index (κ1) is 30.1. The third-order valence-corrected chi connectivity index (χ3v) is 10.9. The van der Waals surface area contributed by atoms with Crippen LogP contribution in [0.4, 0.5) is 9.18 Å². The van der Waals surface area contributed by atoms with Crippen LogP contribution in [-0.4, -0.2) is 52.7 Å². The van der Waals surface area contributed by atoms with Crippen LogP contribution in [0.3, 0.4) is 0 Å². The molecule has 42 heavy (non-hydrogen) atoms. The lowest BCUT2D eigenvalue weighted by atomic mass is 9.44. The number of Topliss-reactive ketones (excluding diaryl/α,β-unsaturated/α-hetero) is 1. The van der Waals surface area contributed by atoms with Crippen molar-refractivity contribution in [2.75, 3.05) is 6.61 Å². The fourth-order valence-electron chi connectivity index (χ4n) is 8.85. The Morgan fingerprint density at radius 1 is 1.17 bits per heavy atom. The van der Waals surface area contributed by atoms with Crippen molar-refractivity contribution in [1.82, 2.24) is 5.32 Å². The molecule has 4 aliphatic rings. The van der Waals surface area contributed by atoms with Crippen molar-refractivity contribution in [3.8, 4) is 0 Å². The molecule has 0 saturated heterocycles. The second-order valence-electron chi connectivity index (χ2n) is 13.0. The van der Waals surface area contributed by atoms with Crippen molar-refractivity contribution in [2.24, 2.45) is 28.6 Å². The van der Waals surface area contributed by atoms with Crippen molar-refractivity contribution < 1.29 is 38.1 Å². The number of esters is 1. The Labute approximate surface area is 245 Å². The zero-order valence-electron chi connectivity index (χ0n) is 24.8. The molecule has 0 spiro atoms. The van der Waals surface area contributed by atoms with Gasteiger partial charge in [0.25, 0.3) is 0 Å². The number of halogens is 1. The number of benzene rings is 1. The Morgan fingerprint density at radius 3 is 2.52 bits per heavy atom. The number of aliphatic hydroxyl groups excluding tert-OH is 1. The van der Waals surface area contributed by atoms with E-state index in [9.17, 15) is 24.3 Å². The Morgan fingerprint density at radius 2 is 1.86 bits per heavy atom. The Kier molecular flexibility index (Phi) is 7.49. The first-order valence-corrected chi connectivity index (χ1v) is 14.7. The number of carbonyl (C=O) groups excluding carboxylic acids is 4. The van der Waals surface area contributed by atoms with Gasteiger partial charge in [-0.3, -0.25) is 14.4 Å². The number of ketones is 2. The van der Waals surface area contributed by atoms with Gasteiger partial charge in [-0.15, -0.1) is 0 Å². The molecule has 4 aliphatic carbocycles. The average Bonchev–Trinajstić information content (AvgIpc) is 3.15. The number of ether oxygens (including phenoxy) is 2. The van der Waals surface area contributed by atoms with Gasteiger partial charge in [-0.25, -0.2) is 9.18 Å². The van der Waals surface area contributed by atoms with Crippen molar-refractivity contribution in [3.63, 3.8) is 0 Å². The number of amides is 1. The van der Waals surface area contributed by atoms with E-state index < -0.39 is 76.5 Å². The number of carbonyl (C=O) groups is 4. The number of hydrogen-bond acceptors (Lipinski definition) is 7. The highest BCUT2D eigenvalue weighted by atomic mass is 19.1. The smallest absolute Gasteiger partial charge is 0.408 e. The van der Waals surface area contributed by atoms with Crippen molar-refractivity contribution in [3.05, 3.63) is 59.7 Å². The minimum atomic E-state index is -2.10. The predicted octanol–water partition coefficient (Wildman–Crippen LogP) is 4.96. The van der Waals surface area contributed by atoms with Gasteiger partial charge in [0, 0.05) is 29.6 Å². The van der Waals surface area contributed by atoms with Crippen LogP contribution in [0.15, 0.2) is 54.1 Å². The molecular weight excluding hydrogens is 541 g/mol. The zero-order valence-corrected chi connectivity index (χ0v) is 24.8. The summed E-state index contributed by atoms with van der Waals surface area (Å²) in [5.74, 6) is -3.12. The molecule has 5 rings (SSSR count). The lowest BCUT2D eigenvalue weighted by Gasteiger charge is -2.62. The van der Waals surface area contributed by atoms with E-state index in [0.29, 0.717) is 24.8 Å². The van der Waals surface area contributed by atoms with Gasteiger partial charge in [0.15, 0.2) is 23.7 Å². The number of nitrogens with one attached hydrogen (secondary N) is 1. The molecule has 226 valence electrons. The van der Waals surface area contributed by atoms with Crippen molar-refractivity contribution >= 4 is 23.6 Å². The van der Waals surface area contributed by atoms with Crippen molar-refractivity contribution in [1.29, 1.82) is 0 Å². The van der Waals surface area contributed by atoms with Gasteiger partial charge in [-0.1, -0.05) is 55.8 Å². The fourth-order valence-corrected chi connectivity index (χ4v) is 8.85. The van der Waals surface area contributed by atoms with Crippen LogP contribution in [0.1, 0.15) is 71.9 Å². The summed E-state index contributed by atoms with van der Waals surface area (Å²) in [6.45, 7) is 7.69. The van der Waals surface area contributed by atoms with Gasteiger partial charge < -0.3 is 19.9 Å². The first-order chi connectivity index (χ1) is 19.7. The third-order valence-electron chi connectivity index (χ3n) is 10.9. The van der Waals surface area contributed by atoms with Crippen LogP contribution in [0.2, 0.25) is 0 Å². The maximum absolute atomic E-state index is 17.6. The van der Waals surface area contributed by atoms with Gasteiger partial charge in [0.1, 0.15) is 0 Å². The minimum absolute atomic E-state index is 0.160. The van der Waals surface area contributed by atoms with Gasteiger partial charge in [-0.2, -0.15) is 0 Å². The molecule has 2 N–H and O–H groups in total. The highest BCUT2D eigenvalue weighted by Gasteiger charge is 2.77. The van der Waals surface area contributed by atoms with Crippen LogP contribution >= 0.6 is 0 Å². The summed E-state index contributed by atoms with van der Waals surface area (Å²) >= 11 is 0. The standard InChI is InChI=1S/C33H40FNO7/c1-19-15-26-25-12-11-23-16-24(37)13-14-30(23,4)32(25,34)27(38)17-31(26,5)33(19,28(39)18-41-21(3)36)42-29(40)35-20(2)22-9-7-6-8-10-22/h6-10,13-14,16,19-20,25-27,38H,11-12,15,17-18H2,1-5H3,(H,35,40)/t19-,20-,25-,26-,27-,30-,31-,32-,33-/m0/s1. The maximum atomic E-state index is 17.6. The molecule has 0 bridgehead atoms. The molecule has 9 atom stereocenters. The Bertz CT molecular complexity index is 1360. The van der Waals surface area contributed by atoms with E-state index in [1.54, 1.807) is 33.8 Å². The summed E-state index contributed by atoms with van der Waals surface area (Å²) < 4.78 is 28.9. The number of rotatable bonds is 6. The molecule has 3 fully saturated rings. The molecule has 9 heteroatoms. The van der Waals surface area contributed by atoms with Crippen LogP contribution in [0.25, 0.3) is 0 Å². The van der Waals surface area contributed by atoms with E-state index in [1.165, 1.54) is 19.1 Å². The van der Waals surface area contributed by atoms with Crippen LogP contribution < -0.4 is 5.32 Å². The molecule has 0 heterocycles. The summed E-state index contributed by atoms with van der Waals surface area (Å²) in [6, 6.07) is 8.86. The number of alkyl halides is 1. The molecule has 0 unspecified atom stereocenters. The number of hydrogen-bond donors (Lipinski definition) is 2. The van der Waals surface area contributed by atoms with E-state index >= 15 is 4.39 Å². The van der Waals surface area contributed by atoms with E-state index in [0.717, 1.165) is 5.56 Å². The molecule has 0 aliphatic heterocycles. The molecule has 0 radical (unpaired) electrons. The monoisotopic (exact) mass is 581 g/mol. The van der Waals surface area contributed by atoms with Crippen LogP contribution in [-0.2, 0) is 23.9 Å². The lowest BCUT2D eigenvalue weighted by Crippen LogP contribution is -2.70. The SMILES string of the molecule is CC(=O)OCC(=O)[C@@]1(OC(=O)N[C@@H](C)c2ccccc2)[C@@H](C)C[C@H]2[C@@H]3CCC4=CC(=O)C=C[C@]4(C)[C@@]3(F)[C@@H](O)C[C@@]21C. The minimum Gasteiger partial charge on any atom is -0.458 e. The van der Waals surface area contributed by atoms with E-state index in [-0.39, 0.29) is 12.2 Å². The van der Waals surface area contributed by atoms with Gasteiger partial charge in [0.2, 0.25) is 5.78 Å². The summed E-state index contributed by atoms with van der Waals surface area (Å²) in [5, 5.41) is 14.5. The summed E-state index contributed by atoms with van der Waals surface area (Å²) in [6.07, 6.45) is 3.12. The Hall–Kier alpha value is -3.33. The summed E-state index contributed by atoms with van der Waals surface area (Å²) in [5.41, 5.74) is -4.74. The van der Waals surface area contributed by atoms with Gasteiger partial charge in [-0.05, 0) is 63.2 Å². The third kappa shape index (κ3) is 4.26. The van der Waals surface area contributed by atoms with E-state index in [2.05, 4.69) is 5.32 Å². The quantitative estimate of drug-likeness (QED) is 0.456. The summed E-state index contributed by atoms with van der Waals surface area (Å²) in [7, 11) is 0. The zero-order chi connectivity index (χ0) is 30.7. The molecule has 1 amide bonds. The van der Waals surface area contributed by atoms with E-state index in [4.69, 9.17) is 9.47 Å². The molecule has 1 aromatic rings. The van der Waals surface area contributed by atoms with Crippen LogP contribution in [0.5, 0.6) is 0 Å². The highest BCUT2D eigenvalue weighted by Crippen LogP contribution is 2.71.